The van der Waals surface area contributed by atoms with Gasteiger partial charge in [-0.15, -0.1) is 0 Å². The highest BCUT2D eigenvalue weighted by atomic mass is 16.4. The van der Waals surface area contributed by atoms with Gasteiger partial charge >= 0.3 is 11.9 Å². The summed E-state index contributed by atoms with van der Waals surface area (Å²) in [6.07, 6.45) is -0.00954. The molecule has 1 aliphatic rings. The van der Waals surface area contributed by atoms with Gasteiger partial charge in [-0.05, 0) is 12.1 Å². The fraction of sp³-hybridized carbons (Fsp3) is 0.167. The maximum atomic E-state index is 11.6. The van der Waals surface area contributed by atoms with Crippen LogP contribution in [0.3, 0.4) is 0 Å². The first-order valence-corrected chi connectivity index (χ1v) is 5.39. The number of amides is 2. The predicted octanol–water partition coefficient (Wildman–Crippen LogP) is 0.736. The first-order chi connectivity index (χ1) is 8.93. The van der Waals surface area contributed by atoms with Crippen LogP contribution in [0.25, 0.3) is 0 Å². The normalized spacial score (nSPS) is 14.8. The van der Waals surface area contributed by atoms with Crippen LogP contribution >= 0.6 is 0 Å². The van der Waals surface area contributed by atoms with Crippen molar-refractivity contribution in [2.24, 2.45) is 0 Å². The fourth-order valence-electron chi connectivity index (χ4n) is 1.97. The summed E-state index contributed by atoms with van der Waals surface area (Å²) in [5.41, 5.74) is -1.21. The van der Waals surface area contributed by atoms with Crippen molar-refractivity contribution < 1.29 is 29.4 Å². The number of carbonyl (C=O) groups excluding carboxylic acids is 2. The van der Waals surface area contributed by atoms with Gasteiger partial charge in [0.15, 0.2) is 0 Å². The van der Waals surface area contributed by atoms with Gasteiger partial charge in [0, 0.05) is 12.8 Å². The number of hydrogen-bond donors (Lipinski definition) is 2. The molecular formula is C12H9NO6. The van der Waals surface area contributed by atoms with Crippen molar-refractivity contribution >= 4 is 29.4 Å². The molecule has 1 fully saturated rings. The molecule has 0 bridgehead atoms. The van der Waals surface area contributed by atoms with Crippen molar-refractivity contribution in [3.05, 3.63) is 29.3 Å². The Bertz CT molecular complexity index is 590. The highest BCUT2D eigenvalue weighted by Crippen LogP contribution is 2.28. The van der Waals surface area contributed by atoms with Gasteiger partial charge in [-0.3, -0.25) is 9.59 Å². The van der Waals surface area contributed by atoms with E-state index in [1.54, 1.807) is 0 Å². The van der Waals surface area contributed by atoms with Crippen molar-refractivity contribution in [1.29, 1.82) is 0 Å². The Morgan fingerprint density at radius 3 is 2.05 bits per heavy atom. The molecule has 98 valence electrons. The highest BCUT2D eigenvalue weighted by molar-refractivity contribution is 6.22. The summed E-state index contributed by atoms with van der Waals surface area (Å²) < 4.78 is 0. The van der Waals surface area contributed by atoms with Crippen LogP contribution in [0.1, 0.15) is 33.6 Å². The van der Waals surface area contributed by atoms with E-state index in [0.717, 1.165) is 11.0 Å². The molecule has 0 atom stereocenters. The molecule has 0 spiro atoms. The number of carboxylic acid groups (broad SMARTS) is 2. The van der Waals surface area contributed by atoms with E-state index in [1.807, 2.05) is 0 Å². The molecule has 7 nitrogen and oxygen atoms in total. The lowest BCUT2D eigenvalue weighted by Crippen LogP contribution is -2.31. The van der Waals surface area contributed by atoms with E-state index in [2.05, 4.69) is 0 Å². The van der Waals surface area contributed by atoms with Crippen LogP contribution in [0, 0.1) is 0 Å². The summed E-state index contributed by atoms with van der Waals surface area (Å²) in [6, 6.07) is 3.65. The molecule has 0 saturated carbocycles. The zero-order valence-electron chi connectivity index (χ0n) is 9.62. The molecule has 0 aliphatic carbocycles. The average Bonchev–Trinajstić information content (AvgIpc) is 2.67. The molecule has 1 saturated heterocycles. The number of rotatable bonds is 3. The van der Waals surface area contributed by atoms with Gasteiger partial charge in [-0.25, -0.2) is 14.5 Å². The van der Waals surface area contributed by atoms with Gasteiger partial charge in [0.2, 0.25) is 11.8 Å². The van der Waals surface area contributed by atoms with Gasteiger partial charge < -0.3 is 10.2 Å². The summed E-state index contributed by atoms with van der Waals surface area (Å²) in [4.78, 5) is 46.2. The van der Waals surface area contributed by atoms with Gasteiger partial charge in [0.25, 0.3) is 0 Å². The summed E-state index contributed by atoms with van der Waals surface area (Å²) >= 11 is 0. The van der Waals surface area contributed by atoms with Crippen LogP contribution in [0.4, 0.5) is 5.69 Å². The molecule has 2 N–H and O–H groups in total. The summed E-state index contributed by atoms with van der Waals surface area (Å²) in [5, 5.41) is 18.1. The lowest BCUT2D eigenvalue weighted by atomic mass is 10.0. The number of carbonyl (C=O) groups is 4. The maximum Gasteiger partial charge on any atom is 0.338 e. The van der Waals surface area contributed by atoms with Crippen LogP contribution in [0.15, 0.2) is 18.2 Å². The number of aromatic carboxylic acids is 2. The number of nitrogens with zero attached hydrogens (tertiary/aromatic N) is 1. The Morgan fingerprint density at radius 1 is 1.00 bits per heavy atom. The van der Waals surface area contributed by atoms with Crippen LogP contribution in [0.5, 0.6) is 0 Å². The smallest absolute Gasteiger partial charge is 0.338 e. The van der Waals surface area contributed by atoms with Gasteiger partial charge in [-0.1, -0.05) is 6.07 Å². The lowest BCUT2D eigenvalue weighted by molar-refractivity contribution is -0.121. The predicted molar refractivity (Wildman–Crippen MR) is 62.1 cm³/mol. The second-order valence-corrected chi connectivity index (χ2v) is 3.93. The third-order valence-electron chi connectivity index (χ3n) is 2.78. The topological polar surface area (TPSA) is 112 Å². The van der Waals surface area contributed by atoms with Crippen LogP contribution in [0.2, 0.25) is 0 Å². The summed E-state index contributed by atoms with van der Waals surface area (Å²) in [7, 11) is 0. The Morgan fingerprint density at radius 2 is 1.58 bits per heavy atom. The third kappa shape index (κ3) is 2.05. The first-order valence-electron chi connectivity index (χ1n) is 5.39. The lowest BCUT2D eigenvalue weighted by Gasteiger charge is -2.17. The minimum atomic E-state index is -1.50. The second-order valence-electron chi connectivity index (χ2n) is 3.93. The maximum absolute atomic E-state index is 11.6. The van der Waals surface area contributed by atoms with Gasteiger partial charge in [0.05, 0.1) is 16.8 Å². The Labute approximate surface area is 107 Å². The van der Waals surface area contributed by atoms with Crippen LogP contribution in [-0.2, 0) is 9.59 Å². The standard InChI is InChI=1S/C12H9NO6/c14-8-4-5-9(15)13(8)7-3-1-2-6(11(16)17)10(7)12(18)19/h1-3H,4-5H2,(H,16,17)(H,18,19). The Kier molecular flexibility index (Phi) is 3.04. The fourth-order valence-corrected chi connectivity index (χ4v) is 1.97. The molecular weight excluding hydrogens is 254 g/mol. The zero-order chi connectivity index (χ0) is 14.2. The molecule has 7 heteroatoms. The minimum absolute atomic E-state index is 0.00477. The van der Waals surface area contributed by atoms with E-state index < -0.39 is 34.9 Å². The van der Waals surface area contributed by atoms with Crippen molar-refractivity contribution in [3.8, 4) is 0 Å². The Balaban J connectivity index is 2.67. The van der Waals surface area contributed by atoms with E-state index in [4.69, 9.17) is 10.2 Å². The van der Waals surface area contributed by atoms with Gasteiger partial charge in [-0.2, -0.15) is 0 Å². The average molecular weight is 263 g/mol. The zero-order valence-corrected chi connectivity index (χ0v) is 9.62. The van der Waals surface area contributed by atoms with Crippen LogP contribution in [-0.4, -0.2) is 34.0 Å². The quantitative estimate of drug-likeness (QED) is 0.777. The number of hydrogen-bond acceptors (Lipinski definition) is 4. The molecule has 0 unspecified atom stereocenters. The number of anilines is 1. The summed E-state index contributed by atoms with van der Waals surface area (Å²) in [6.45, 7) is 0. The minimum Gasteiger partial charge on any atom is -0.478 e. The van der Waals surface area contributed by atoms with E-state index in [0.29, 0.717) is 0 Å². The monoisotopic (exact) mass is 263 g/mol. The molecule has 19 heavy (non-hydrogen) atoms. The molecule has 2 amide bonds. The second kappa shape index (κ2) is 4.52. The number of imide groups is 1. The van der Waals surface area contributed by atoms with Crippen molar-refractivity contribution in [2.45, 2.75) is 12.8 Å². The van der Waals surface area contributed by atoms with Gasteiger partial charge in [0.1, 0.15) is 0 Å². The van der Waals surface area contributed by atoms with E-state index in [9.17, 15) is 19.2 Å². The molecule has 1 aromatic carbocycles. The van der Waals surface area contributed by atoms with E-state index >= 15 is 0 Å². The molecule has 0 aromatic heterocycles. The number of carboxylic acids is 2. The van der Waals surface area contributed by atoms with Crippen LogP contribution < -0.4 is 4.90 Å². The molecule has 0 radical (unpaired) electrons. The summed E-state index contributed by atoms with van der Waals surface area (Å²) in [5.74, 6) is -4.00. The molecule has 1 aromatic rings. The molecule has 1 aliphatic heterocycles. The molecule has 2 rings (SSSR count). The van der Waals surface area contributed by atoms with E-state index in [1.165, 1.54) is 12.1 Å². The SMILES string of the molecule is O=C(O)c1cccc(N2C(=O)CCC2=O)c1C(=O)O. The first kappa shape index (κ1) is 12.7. The van der Waals surface area contributed by atoms with Crippen molar-refractivity contribution in [3.63, 3.8) is 0 Å². The Hall–Kier alpha value is -2.70. The molecule has 1 heterocycles. The largest absolute Gasteiger partial charge is 0.478 e. The third-order valence-corrected chi connectivity index (χ3v) is 2.78. The highest BCUT2D eigenvalue weighted by Gasteiger charge is 2.34. The number of benzene rings is 1. The van der Waals surface area contributed by atoms with Crippen molar-refractivity contribution in [1.82, 2.24) is 0 Å². The van der Waals surface area contributed by atoms with Crippen molar-refractivity contribution in [2.75, 3.05) is 4.90 Å². The van der Waals surface area contributed by atoms with E-state index in [-0.39, 0.29) is 18.5 Å².